The number of amides is 1. The van der Waals surface area contributed by atoms with Gasteiger partial charge >= 0.3 is 0 Å². The molecule has 0 bridgehead atoms. The van der Waals surface area contributed by atoms with Gasteiger partial charge in [-0.05, 0) is 61.6 Å². The van der Waals surface area contributed by atoms with E-state index in [1.54, 1.807) is 0 Å². The molecule has 2 aromatic rings. The van der Waals surface area contributed by atoms with E-state index in [9.17, 15) is 4.79 Å². The number of carbonyl (C=O) groups is 1. The number of nitrogens with one attached hydrogen (secondary N) is 2. The van der Waals surface area contributed by atoms with Crippen LogP contribution in [0.4, 0.5) is 5.69 Å². The molecule has 4 heteroatoms. The van der Waals surface area contributed by atoms with Crippen LogP contribution < -0.4 is 10.6 Å². The van der Waals surface area contributed by atoms with Gasteiger partial charge < -0.3 is 15.7 Å². The standard InChI is InChI=1S/C20H26N2O2/c1-16-6-2-3-7-17(16)8-4-13-21-19-11-9-18(10-12-19)20(24)22-14-5-15-23/h2-3,6-7,9-12,21,23H,4-5,8,13-15H2,1H3,(H,22,24). The largest absolute Gasteiger partial charge is 0.396 e. The van der Waals surface area contributed by atoms with Crippen molar-refractivity contribution < 1.29 is 9.90 Å². The zero-order valence-electron chi connectivity index (χ0n) is 14.2. The van der Waals surface area contributed by atoms with Gasteiger partial charge in [0.05, 0.1) is 0 Å². The molecule has 24 heavy (non-hydrogen) atoms. The van der Waals surface area contributed by atoms with Gasteiger partial charge in [0.15, 0.2) is 0 Å². The number of hydrogen-bond acceptors (Lipinski definition) is 3. The first-order valence-corrected chi connectivity index (χ1v) is 8.48. The maximum Gasteiger partial charge on any atom is 0.251 e. The fourth-order valence-corrected chi connectivity index (χ4v) is 2.52. The second-order valence-corrected chi connectivity index (χ2v) is 5.87. The second-order valence-electron chi connectivity index (χ2n) is 5.87. The molecule has 4 nitrogen and oxygen atoms in total. The highest BCUT2D eigenvalue weighted by atomic mass is 16.3. The molecule has 0 spiro atoms. The van der Waals surface area contributed by atoms with Gasteiger partial charge in [-0.1, -0.05) is 24.3 Å². The first-order valence-electron chi connectivity index (χ1n) is 8.48. The zero-order chi connectivity index (χ0) is 17.2. The second kappa shape index (κ2) is 9.73. The van der Waals surface area contributed by atoms with Crippen LogP contribution in [-0.2, 0) is 6.42 Å². The van der Waals surface area contributed by atoms with Gasteiger partial charge in [0, 0.05) is 30.9 Å². The summed E-state index contributed by atoms with van der Waals surface area (Å²) in [6, 6.07) is 16.0. The van der Waals surface area contributed by atoms with Crippen molar-refractivity contribution in [1.82, 2.24) is 5.32 Å². The van der Waals surface area contributed by atoms with E-state index in [-0.39, 0.29) is 12.5 Å². The van der Waals surface area contributed by atoms with E-state index in [0.717, 1.165) is 25.1 Å². The molecule has 0 aliphatic rings. The van der Waals surface area contributed by atoms with Crippen molar-refractivity contribution in [2.75, 3.05) is 25.0 Å². The first kappa shape index (κ1) is 18.0. The van der Waals surface area contributed by atoms with Crippen molar-refractivity contribution in [2.24, 2.45) is 0 Å². The van der Waals surface area contributed by atoms with Gasteiger partial charge in [-0.25, -0.2) is 0 Å². The van der Waals surface area contributed by atoms with Crippen LogP contribution in [0, 0.1) is 6.92 Å². The van der Waals surface area contributed by atoms with Crippen LogP contribution in [0.1, 0.15) is 34.3 Å². The summed E-state index contributed by atoms with van der Waals surface area (Å²) in [7, 11) is 0. The lowest BCUT2D eigenvalue weighted by molar-refractivity contribution is 0.0951. The Morgan fingerprint density at radius 2 is 1.75 bits per heavy atom. The Morgan fingerprint density at radius 3 is 2.46 bits per heavy atom. The third-order valence-electron chi connectivity index (χ3n) is 3.98. The van der Waals surface area contributed by atoms with Gasteiger partial charge in [-0.15, -0.1) is 0 Å². The van der Waals surface area contributed by atoms with Crippen molar-refractivity contribution in [2.45, 2.75) is 26.2 Å². The molecular weight excluding hydrogens is 300 g/mol. The van der Waals surface area contributed by atoms with E-state index in [1.807, 2.05) is 24.3 Å². The molecule has 1 amide bonds. The Kier molecular flexibility index (Phi) is 7.30. The number of aryl methyl sites for hydroxylation is 2. The van der Waals surface area contributed by atoms with Gasteiger partial charge in [-0.2, -0.15) is 0 Å². The number of hydrogen-bond donors (Lipinski definition) is 3. The summed E-state index contributed by atoms with van der Waals surface area (Å²) in [6.07, 6.45) is 2.70. The van der Waals surface area contributed by atoms with Crippen molar-refractivity contribution >= 4 is 11.6 Å². The number of rotatable bonds is 9. The highest BCUT2D eigenvalue weighted by Crippen LogP contribution is 2.12. The minimum Gasteiger partial charge on any atom is -0.396 e. The van der Waals surface area contributed by atoms with E-state index < -0.39 is 0 Å². The van der Waals surface area contributed by atoms with Crippen molar-refractivity contribution in [3.63, 3.8) is 0 Å². The minimum absolute atomic E-state index is 0.0889. The van der Waals surface area contributed by atoms with Crippen LogP contribution in [0.5, 0.6) is 0 Å². The quantitative estimate of drug-likeness (QED) is 0.620. The Morgan fingerprint density at radius 1 is 1.00 bits per heavy atom. The Balaban J connectivity index is 1.74. The highest BCUT2D eigenvalue weighted by Gasteiger charge is 2.04. The summed E-state index contributed by atoms with van der Waals surface area (Å²) in [6.45, 7) is 3.63. The maximum absolute atomic E-state index is 11.9. The normalized spacial score (nSPS) is 10.4. The molecule has 0 heterocycles. The van der Waals surface area contributed by atoms with Gasteiger partial charge in [0.2, 0.25) is 0 Å². The molecule has 3 N–H and O–H groups in total. The molecule has 0 aliphatic heterocycles. The van der Waals surface area contributed by atoms with Gasteiger partial charge in [0.1, 0.15) is 0 Å². The Hall–Kier alpha value is -2.33. The van der Waals surface area contributed by atoms with Gasteiger partial charge in [-0.3, -0.25) is 4.79 Å². The van der Waals surface area contributed by atoms with Crippen molar-refractivity contribution in [1.29, 1.82) is 0 Å². The topological polar surface area (TPSA) is 61.4 Å². The predicted molar refractivity (Wildman–Crippen MR) is 98.5 cm³/mol. The van der Waals surface area contributed by atoms with Crippen LogP contribution >= 0.6 is 0 Å². The number of aliphatic hydroxyl groups excluding tert-OH is 1. The van der Waals surface area contributed by atoms with E-state index in [4.69, 9.17) is 5.11 Å². The highest BCUT2D eigenvalue weighted by molar-refractivity contribution is 5.94. The molecule has 0 atom stereocenters. The summed E-state index contributed by atoms with van der Waals surface area (Å²) in [5, 5.41) is 14.9. The third-order valence-corrected chi connectivity index (χ3v) is 3.98. The van der Waals surface area contributed by atoms with Crippen molar-refractivity contribution in [3.05, 3.63) is 65.2 Å². The zero-order valence-corrected chi connectivity index (χ0v) is 14.2. The molecule has 2 aromatic carbocycles. The van der Waals surface area contributed by atoms with Crippen LogP contribution in [-0.4, -0.2) is 30.7 Å². The van der Waals surface area contributed by atoms with E-state index in [2.05, 4.69) is 41.8 Å². The summed E-state index contributed by atoms with van der Waals surface area (Å²) < 4.78 is 0. The van der Waals surface area contributed by atoms with Crippen molar-refractivity contribution in [3.8, 4) is 0 Å². The monoisotopic (exact) mass is 326 g/mol. The van der Waals surface area contributed by atoms with Crippen LogP contribution in [0.3, 0.4) is 0 Å². The molecule has 0 saturated heterocycles. The van der Waals surface area contributed by atoms with E-state index in [0.29, 0.717) is 18.5 Å². The number of carbonyl (C=O) groups excluding carboxylic acids is 1. The molecular formula is C20H26N2O2. The average Bonchev–Trinajstić information content (AvgIpc) is 2.61. The molecule has 0 fully saturated rings. The van der Waals surface area contributed by atoms with Crippen LogP contribution in [0.25, 0.3) is 0 Å². The maximum atomic E-state index is 11.9. The Labute approximate surface area is 143 Å². The number of benzene rings is 2. The van der Waals surface area contributed by atoms with Crippen LogP contribution in [0.2, 0.25) is 0 Å². The fraction of sp³-hybridized carbons (Fsp3) is 0.350. The van der Waals surface area contributed by atoms with E-state index in [1.165, 1.54) is 11.1 Å². The summed E-state index contributed by atoms with van der Waals surface area (Å²) in [5.41, 5.74) is 4.40. The Bertz CT molecular complexity index is 638. The fourth-order valence-electron chi connectivity index (χ4n) is 2.52. The minimum atomic E-state index is -0.102. The number of anilines is 1. The number of aliphatic hydroxyl groups is 1. The van der Waals surface area contributed by atoms with Gasteiger partial charge in [0.25, 0.3) is 5.91 Å². The average molecular weight is 326 g/mol. The SMILES string of the molecule is Cc1ccccc1CCCNc1ccc(C(=O)NCCCO)cc1. The molecule has 0 aliphatic carbocycles. The predicted octanol–water partition coefficient (Wildman–Crippen LogP) is 3.15. The molecule has 0 unspecified atom stereocenters. The lowest BCUT2D eigenvalue weighted by Gasteiger charge is -2.09. The summed E-state index contributed by atoms with van der Waals surface area (Å²) in [4.78, 5) is 11.9. The lowest BCUT2D eigenvalue weighted by Crippen LogP contribution is -2.24. The molecule has 0 radical (unpaired) electrons. The lowest BCUT2D eigenvalue weighted by atomic mass is 10.0. The first-order chi connectivity index (χ1) is 11.7. The third kappa shape index (κ3) is 5.70. The van der Waals surface area contributed by atoms with Crippen LogP contribution in [0.15, 0.2) is 48.5 Å². The molecule has 128 valence electrons. The summed E-state index contributed by atoms with van der Waals surface area (Å²) >= 11 is 0. The molecule has 0 saturated carbocycles. The van der Waals surface area contributed by atoms with E-state index >= 15 is 0 Å². The molecule has 0 aromatic heterocycles. The smallest absolute Gasteiger partial charge is 0.251 e. The summed E-state index contributed by atoms with van der Waals surface area (Å²) in [5.74, 6) is -0.102. The molecule has 2 rings (SSSR count).